The Morgan fingerprint density at radius 2 is 2.05 bits per heavy atom. The average Bonchev–Trinajstić information content (AvgIpc) is 2.90. The number of amides is 1. The highest BCUT2D eigenvalue weighted by atomic mass is 16.1. The fraction of sp³-hybridized carbons (Fsp3) is 0.333. The number of aromatic nitrogens is 2. The van der Waals surface area contributed by atoms with Gasteiger partial charge in [0, 0.05) is 32.0 Å². The number of nitrogens with one attached hydrogen (secondary N) is 2. The molecule has 20 heavy (non-hydrogen) atoms. The Kier molecular flexibility index (Phi) is 4.76. The van der Waals surface area contributed by atoms with Gasteiger partial charge in [-0.25, -0.2) is 0 Å². The Morgan fingerprint density at radius 3 is 2.65 bits per heavy atom. The number of rotatable bonds is 6. The molecule has 0 radical (unpaired) electrons. The maximum absolute atomic E-state index is 11.9. The van der Waals surface area contributed by atoms with Crippen LogP contribution in [0.4, 0.5) is 5.69 Å². The number of hydrogen-bond donors (Lipinski definition) is 2. The van der Waals surface area contributed by atoms with Crippen LogP contribution in [-0.2, 0) is 13.6 Å². The van der Waals surface area contributed by atoms with Crippen LogP contribution in [0.2, 0.25) is 0 Å². The van der Waals surface area contributed by atoms with Crippen molar-refractivity contribution in [3.8, 4) is 0 Å². The summed E-state index contributed by atoms with van der Waals surface area (Å²) < 4.78 is 1.61. The topological polar surface area (TPSA) is 58.9 Å². The zero-order valence-electron chi connectivity index (χ0n) is 11.9. The predicted molar refractivity (Wildman–Crippen MR) is 79.6 cm³/mol. The van der Waals surface area contributed by atoms with Gasteiger partial charge >= 0.3 is 0 Å². The van der Waals surface area contributed by atoms with E-state index >= 15 is 0 Å². The second kappa shape index (κ2) is 6.75. The number of aryl methyl sites for hydroxylation is 1. The summed E-state index contributed by atoms with van der Waals surface area (Å²) in [7, 11) is 1.79. The molecule has 0 saturated carbocycles. The molecule has 0 bridgehead atoms. The van der Waals surface area contributed by atoms with Gasteiger partial charge in [-0.3, -0.25) is 9.48 Å². The molecule has 0 aliphatic carbocycles. The number of carbonyl (C=O) groups excluding carboxylic acids is 1. The van der Waals surface area contributed by atoms with Crippen LogP contribution in [0.5, 0.6) is 0 Å². The van der Waals surface area contributed by atoms with Crippen LogP contribution in [0.1, 0.15) is 29.3 Å². The number of hydrogen-bond acceptors (Lipinski definition) is 3. The highest BCUT2D eigenvalue weighted by Crippen LogP contribution is 2.09. The minimum atomic E-state index is -0.105. The zero-order chi connectivity index (χ0) is 14.4. The maximum atomic E-state index is 11.9. The molecule has 0 atom stereocenters. The summed E-state index contributed by atoms with van der Waals surface area (Å²) in [5, 5.41) is 10.2. The van der Waals surface area contributed by atoms with Gasteiger partial charge in [-0.05, 0) is 24.1 Å². The molecule has 0 saturated heterocycles. The number of benzene rings is 1. The SMILES string of the molecule is CCCNc1ccc(CNC(=O)c2cnn(C)c2)cc1. The first kappa shape index (κ1) is 14.1. The predicted octanol–water partition coefficient (Wildman–Crippen LogP) is 2.17. The van der Waals surface area contributed by atoms with Crippen LogP contribution >= 0.6 is 0 Å². The second-order valence-electron chi connectivity index (χ2n) is 4.71. The largest absolute Gasteiger partial charge is 0.385 e. The molecule has 5 heteroatoms. The van der Waals surface area contributed by atoms with Gasteiger partial charge in [-0.15, -0.1) is 0 Å². The van der Waals surface area contributed by atoms with Gasteiger partial charge in [-0.1, -0.05) is 19.1 Å². The van der Waals surface area contributed by atoms with E-state index < -0.39 is 0 Å². The molecule has 0 unspecified atom stereocenters. The summed E-state index contributed by atoms with van der Waals surface area (Å²) in [6.45, 7) is 3.62. The van der Waals surface area contributed by atoms with Crippen LogP contribution in [0, 0.1) is 0 Å². The van der Waals surface area contributed by atoms with Crippen molar-refractivity contribution in [2.75, 3.05) is 11.9 Å². The first-order valence-corrected chi connectivity index (χ1v) is 6.78. The lowest BCUT2D eigenvalue weighted by molar-refractivity contribution is 0.0951. The molecule has 1 amide bonds. The van der Waals surface area contributed by atoms with E-state index in [1.165, 1.54) is 0 Å². The number of anilines is 1. The fourth-order valence-electron chi connectivity index (χ4n) is 1.83. The minimum Gasteiger partial charge on any atom is -0.385 e. The summed E-state index contributed by atoms with van der Waals surface area (Å²) in [5.41, 5.74) is 2.76. The van der Waals surface area contributed by atoms with Crippen LogP contribution in [0.3, 0.4) is 0 Å². The Morgan fingerprint density at radius 1 is 1.30 bits per heavy atom. The van der Waals surface area contributed by atoms with Gasteiger partial charge in [0.15, 0.2) is 0 Å². The van der Waals surface area contributed by atoms with Gasteiger partial charge in [0.1, 0.15) is 0 Å². The Labute approximate surface area is 119 Å². The minimum absolute atomic E-state index is 0.105. The van der Waals surface area contributed by atoms with Gasteiger partial charge in [0.05, 0.1) is 11.8 Å². The van der Waals surface area contributed by atoms with Crippen molar-refractivity contribution in [1.29, 1.82) is 0 Å². The monoisotopic (exact) mass is 272 g/mol. The van der Waals surface area contributed by atoms with Crippen LogP contribution in [-0.4, -0.2) is 22.2 Å². The molecule has 1 aromatic carbocycles. The Bertz CT molecular complexity index is 560. The van der Waals surface area contributed by atoms with E-state index in [0.717, 1.165) is 24.2 Å². The van der Waals surface area contributed by atoms with E-state index in [2.05, 4.69) is 22.7 Å². The van der Waals surface area contributed by atoms with Gasteiger partial charge < -0.3 is 10.6 Å². The molecular weight excluding hydrogens is 252 g/mol. The van der Waals surface area contributed by atoms with Crippen molar-refractivity contribution in [2.45, 2.75) is 19.9 Å². The lowest BCUT2D eigenvalue weighted by Gasteiger charge is -2.07. The highest BCUT2D eigenvalue weighted by molar-refractivity contribution is 5.93. The zero-order valence-corrected chi connectivity index (χ0v) is 11.9. The molecule has 0 fully saturated rings. The molecule has 5 nitrogen and oxygen atoms in total. The third-order valence-electron chi connectivity index (χ3n) is 2.95. The van der Waals surface area contributed by atoms with Crippen molar-refractivity contribution >= 4 is 11.6 Å². The molecule has 0 aliphatic rings. The first-order chi connectivity index (χ1) is 9.69. The Balaban J connectivity index is 1.86. The van der Waals surface area contributed by atoms with Gasteiger partial charge in [0.2, 0.25) is 0 Å². The first-order valence-electron chi connectivity index (χ1n) is 6.78. The molecule has 106 valence electrons. The van der Waals surface area contributed by atoms with E-state index in [0.29, 0.717) is 12.1 Å². The van der Waals surface area contributed by atoms with E-state index in [1.807, 2.05) is 24.3 Å². The summed E-state index contributed by atoms with van der Waals surface area (Å²) in [5.74, 6) is -0.105. The normalized spacial score (nSPS) is 10.3. The van der Waals surface area contributed by atoms with E-state index in [9.17, 15) is 4.79 Å². The second-order valence-corrected chi connectivity index (χ2v) is 4.71. The lowest BCUT2D eigenvalue weighted by Crippen LogP contribution is -2.22. The summed E-state index contributed by atoms with van der Waals surface area (Å²) in [6.07, 6.45) is 4.36. The van der Waals surface area contributed by atoms with Crippen LogP contribution in [0.25, 0.3) is 0 Å². The third kappa shape index (κ3) is 3.85. The fourth-order valence-corrected chi connectivity index (χ4v) is 1.83. The maximum Gasteiger partial charge on any atom is 0.254 e. The van der Waals surface area contributed by atoms with E-state index in [-0.39, 0.29) is 5.91 Å². The smallest absolute Gasteiger partial charge is 0.254 e. The van der Waals surface area contributed by atoms with Gasteiger partial charge in [-0.2, -0.15) is 5.10 Å². The molecule has 0 spiro atoms. The van der Waals surface area contributed by atoms with Crippen molar-refractivity contribution in [1.82, 2.24) is 15.1 Å². The van der Waals surface area contributed by atoms with Crippen molar-refractivity contribution in [3.05, 3.63) is 47.8 Å². The average molecular weight is 272 g/mol. The summed E-state index contributed by atoms with van der Waals surface area (Å²) in [6, 6.07) is 8.09. The molecule has 0 aliphatic heterocycles. The molecule has 2 rings (SSSR count). The number of carbonyl (C=O) groups is 1. The molecule has 2 N–H and O–H groups in total. The Hall–Kier alpha value is -2.30. The summed E-state index contributed by atoms with van der Waals surface area (Å²) >= 11 is 0. The molecule has 2 aromatic rings. The summed E-state index contributed by atoms with van der Waals surface area (Å²) in [4.78, 5) is 11.9. The molecule has 1 heterocycles. The van der Waals surface area contributed by atoms with E-state index in [4.69, 9.17) is 0 Å². The highest BCUT2D eigenvalue weighted by Gasteiger charge is 2.06. The van der Waals surface area contributed by atoms with Gasteiger partial charge in [0.25, 0.3) is 5.91 Å². The van der Waals surface area contributed by atoms with Crippen LogP contribution < -0.4 is 10.6 Å². The van der Waals surface area contributed by atoms with Crippen LogP contribution in [0.15, 0.2) is 36.7 Å². The number of nitrogens with zero attached hydrogens (tertiary/aromatic N) is 2. The third-order valence-corrected chi connectivity index (χ3v) is 2.95. The molecular formula is C15H20N4O. The van der Waals surface area contributed by atoms with Crippen molar-refractivity contribution in [3.63, 3.8) is 0 Å². The van der Waals surface area contributed by atoms with Crippen molar-refractivity contribution in [2.24, 2.45) is 7.05 Å². The molecule has 1 aromatic heterocycles. The van der Waals surface area contributed by atoms with Crippen molar-refractivity contribution < 1.29 is 4.79 Å². The lowest BCUT2D eigenvalue weighted by atomic mass is 10.2. The standard InChI is InChI=1S/C15H20N4O/c1-3-8-16-14-6-4-12(5-7-14)9-17-15(20)13-10-18-19(2)11-13/h4-7,10-11,16H,3,8-9H2,1-2H3,(H,17,20). The quantitative estimate of drug-likeness (QED) is 0.847. The van der Waals surface area contributed by atoms with E-state index in [1.54, 1.807) is 24.1 Å².